The van der Waals surface area contributed by atoms with Gasteiger partial charge in [0.05, 0.1) is 18.3 Å². The van der Waals surface area contributed by atoms with Gasteiger partial charge in [0.15, 0.2) is 11.5 Å². The maximum absolute atomic E-state index is 13.2. The third-order valence-electron chi connectivity index (χ3n) is 4.58. The first-order chi connectivity index (χ1) is 13.5. The number of hydrogen-bond acceptors (Lipinski definition) is 5. The zero-order valence-electron chi connectivity index (χ0n) is 15.2. The number of esters is 1. The fourth-order valence-electron chi connectivity index (χ4n) is 3.25. The quantitative estimate of drug-likeness (QED) is 0.579. The summed E-state index contributed by atoms with van der Waals surface area (Å²) in [7, 11) is 1.29. The molecule has 1 amide bonds. The van der Waals surface area contributed by atoms with E-state index in [0.717, 1.165) is 0 Å². The number of amides is 1. The number of hydrogen-bond donors (Lipinski definition) is 0. The minimum absolute atomic E-state index is 0.158. The molecule has 2 aromatic carbocycles. The molecule has 0 radical (unpaired) electrons. The van der Waals surface area contributed by atoms with Gasteiger partial charge in [-0.05, 0) is 55.0 Å². The van der Waals surface area contributed by atoms with Crippen LogP contribution in [0.5, 0.6) is 11.5 Å². The number of carbonyl (C=O) groups excluding carboxylic acids is 2. The minimum Gasteiger partial charge on any atom is -0.465 e. The summed E-state index contributed by atoms with van der Waals surface area (Å²) in [4.78, 5) is 27.1. The SMILES string of the molecule is COC(=O)C1=C(C)N(c2ccc(Cl)cc2)C(=O)/C1=C\c1ccc2c(c1)OCO2. The first-order valence-electron chi connectivity index (χ1n) is 8.50. The number of ether oxygens (including phenoxy) is 3. The van der Waals surface area contributed by atoms with Crippen molar-refractivity contribution in [1.82, 2.24) is 0 Å². The monoisotopic (exact) mass is 397 g/mol. The van der Waals surface area contributed by atoms with Crippen molar-refractivity contribution in [3.05, 3.63) is 69.9 Å². The Bertz CT molecular complexity index is 1040. The number of rotatable bonds is 3. The fraction of sp³-hybridized carbons (Fsp3) is 0.143. The molecule has 0 N–H and O–H groups in total. The van der Waals surface area contributed by atoms with Crippen molar-refractivity contribution in [2.24, 2.45) is 0 Å². The largest absolute Gasteiger partial charge is 0.465 e. The molecule has 0 saturated heterocycles. The normalized spacial score (nSPS) is 16.9. The van der Waals surface area contributed by atoms with Crippen LogP contribution in [0.2, 0.25) is 5.02 Å². The van der Waals surface area contributed by atoms with Crippen molar-refractivity contribution in [3.8, 4) is 11.5 Å². The van der Waals surface area contributed by atoms with Crippen molar-refractivity contribution >= 4 is 35.2 Å². The number of methoxy groups -OCH3 is 1. The Kier molecular flexibility index (Phi) is 4.57. The Labute approximate surface area is 166 Å². The number of benzene rings is 2. The molecule has 0 unspecified atom stereocenters. The Morgan fingerprint density at radius 3 is 2.57 bits per heavy atom. The molecule has 2 heterocycles. The number of fused-ring (bicyclic) bond motifs is 1. The van der Waals surface area contributed by atoms with Gasteiger partial charge in [0.1, 0.15) is 0 Å². The lowest BCUT2D eigenvalue weighted by Gasteiger charge is -2.17. The molecule has 0 atom stereocenters. The third-order valence-corrected chi connectivity index (χ3v) is 4.83. The second-order valence-electron chi connectivity index (χ2n) is 6.24. The first kappa shape index (κ1) is 18.1. The third kappa shape index (κ3) is 3.01. The number of halogens is 1. The summed E-state index contributed by atoms with van der Waals surface area (Å²) in [5, 5.41) is 0.557. The molecule has 7 heteroatoms. The molecule has 2 aliphatic heterocycles. The predicted molar refractivity (Wildman–Crippen MR) is 104 cm³/mol. The minimum atomic E-state index is -0.575. The molecule has 6 nitrogen and oxygen atoms in total. The van der Waals surface area contributed by atoms with E-state index in [-0.39, 0.29) is 23.8 Å². The van der Waals surface area contributed by atoms with Gasteiger partial charge >= 0.3 is 5.97 Å². The molecule has 4 rings (SSSR count). The molecule has 0 aliphatic carbocycles. The molecular formula is C21H16ClNO5. The van der Waals surface area contributed by atoms with Crippen LogP contribution in [0.4, 0.5) is 5.69 Å². The van der Waals surface area contributed by atoms with Gasteiger partial charge in [0, 0.05) is 16.4 Å². The summed E-state index contributed by atoms with van der Waals surface area (Å²) < 4.78 is 15.6. The van der Waals surface area contributed by atoms with Crippen LogP contribution in [-0.2, 0) is 14.3 Å². The van der Waals surface area contributed by atoms with Crippen LogP contribution >= 0.6 is 11.6 Å². The lowest BCUT2D eigenvalue weighted by atomic mass is 10.0. The van der Waals surface area contributed by atoms with E-state index in [9.17, 15) is 9.59 Å². The highest BCUT2D eigenvalue weighted by atomic mass is 35.5. The van der Waals surface area contributed by atoms with Crippen LogP contribution in [0.25, 0.3) is 6.08 Å². The van der Waals surface area contributed by atoms with Gasteiger partial charge in [-0.15, -0.1) is 0 Å². The summed E-state index contributed by atoms with van der Waals surface area (Å²) in [6, 6.07) is 12.1. The molecule has 2 aromatic rings. The van der Waals surface area contributed by atoms with Crippen LogP contribution < -0.4 is 14.4 Å². The van der Waals surface area contributed by atoms with E-state index in [1.165, 1.54) is 12.0 Å². The summed E-state index contributed by atoms with van der Waals surface area (Å²) in [5.74, 6) is 0.337. The molecule has 142 valence electrons. The van der Waals surface area contributed by atoms with Gasteiger partial charge in [0.25, 0.3) is 5.91 Å². The highest BCUT2D eigenvalue weighted by Crippen LogP contribution is 2.37. The number of nitrogens with zero attached hydrogens (tertiary/aromatic N) is 1. The summed E-state index contributed by atoms with van der Waals surface area (Å²) in [6.07, 6.45) is 1.65. The van der Waals surface area contributed by atoms with Crippen molar-refractivity contribution in [2.75, 3.05) is 18.8 Å². The van der Waals surface area contributed by atoms with Gasteiger partial charge in [0.2, 0.25) is 6.79 Å². The lowest BCUT2D eigenvalue weighted by Crippen LogP contribution is -2.24. The zero-order valence-corrected chi connectivity index (χ0v) is 15.9. The first-order valence-corrected chi connectivity index (χ1v) is 8.88. The van der Waals surface area contributed by atoms with Crippen LogP contribution in [-0.4, -0.2) is 25.8 Å². The zero-order chi connectivity index (χ0) is 19.8. The Morgan fingerprint density at radius 2 is 1.86 bits per heavy atom. The molecule has 0 saturated carbocycles. The van der Waals surface area contributed by atoms with E-state index in [2.05, 4.69) is 0 Å². The molecule has 0 spiro atoms. The van der Waals surface area contributed by atoms with Crippen LogP contribution in [0.3, 0.4) is 0 Å². The molecule has 0 aromatic heterocycles. The van der Waals surface area contributed by atoms with Crippen molar-refractivity contribution in [1.29, 1.82) is 0 Å². The number of anilines is 1. The van der Waals surface area contributed by atoms with Gasteiger partial charge in [-0.1, -0.05) is 17.7 Å². The number of carbonyl (C=O) groups is 2. The lowest BCUT2D eigenvalue weighted by molar-refractivity contribution is -0.136. The molecular weight excluding hydrogens is 382 g/mol. The number of allylic oxidation sites excluding steroid dienone is 1. The second kappa shape index (κ2) is 7.05. The highest BCUT2D eigenvalue weighted by molar-refractivity contribution is 6.30. The molecule has 0 bridgehead atoms. The van der Waals surface area contributed by atoms with Gasteiger partial charge in [-0.25, -0.2) is 4.79 Å². The standard InChI is InChI=1S/C21H16ClNO5/c1-12-19(21(25)26-2)16(9-13-3-8-17-18(10-13)28-11-27-17)20(24)23(12)15-6-4-14(22)5-7-15/h3-10H,11H2,1-2H3/b16-9-. The molecule has 2 aliphatic rings. The van der Waals surface area contributed by atoms with Crippen LogP contribution in [0, 0.1) is 0 Å². The Morgan fingerprint density at radius 1 is 1.14 bits per heavy atom. The Balaban J connectivity index is 1.80. The highest BCUT2D eigenvalue weighted by Gasteiger charge is 2.37. The topological polar surface area (TPSA) is 65.1 Å². The maximum atomic E-state index is 13.2. The van der Waals surface area contributed by atoms with E-state index < -0.39 is 5.97 Å². The molecule has 28 heavy (non-hydrogen) atoms. The van der Waals surface area contributed by atoms with E-state index in [1.54, 1.807) is 55.5 Å². The fourth-order valence-corrected chi connectivity index (χ4v) is 3.38. The average Bonchev–Trinajstić information content (AvgIpc) is 3.25. The van der Waals surface area contributed by atoms with Crippen LogP contribution in [0.1, 0.15) is 12.5 Å². The van der Waals surface area contributed by atoms with E-state index in [0.29, 0.717) is 33.5 Å². The van der Waals surface area contributed by atoms with Gasteiger partial charge in [-0.3, -0.25) is 9.69 Å². The Hall–Kier alpha value is -3.25. The molecule has 0 fully saturated rings. The maximum Gasteiger partial charge on any atom is 0.340 e. The summed E-state index contributed by atoms with van der Waals surface area (Å²) in [6.45, 7) is 1.87. The average molecular weight is 398 g/mol. The van der Waals surface area contributed by atoms with Gasteiger partial charge < -0.3 is 14.2 Å². The van der Waals surface area contributed by atoms with E-state index >= 15 is 0 Å². The van der Waals surface area contributed by atoms with E-state index in [1.807, 2.05) is 0 Å². The van der Waals surface area contributed by atoms with Gasteiger partial charge in [-0.2, -0.15) is 0 Å². The van der Waals surface area contributed by atoms with Crippen molar-refractivity contribution < 1.29 is 23.8 Å². The second-order valence-corrected chi connectivity index (χ2v) is 6.68. The smallest absolute Gasteiger partial charge is 0.340 e. The predicted octanol–water partition coefficient (Wildman–Crippen LogP) is 3.95. The summed E-state index contributed by atoms with van der Waals surface area (Å²) >= 11 is 5.95. The van der Waals surface area contributed by atoms with Crippen LogP contribution in [0.15, 0.2) is 59.3 Å². The van der Waals surface area contributed by atoms with Crippen molar-refractivity contribution in [3.63, 3.8) is 0 Å². The summed E-state index contributed by atoms with van der Waals surface area (Å²) in [5.41, 5.74) is 2.28. The van der Waals surface area contributed by atoms with E-state index in [4.69, 9.17) is 25.8 Å². The van der Waals surface area contributed by atoms with Crippen molar-refractivity contribution in [2.45, 2.75) is 6.92 Å².